The summed E-state index contributed by atoms with van der Waals surface area (Å²) in [6, 6.07) is 7.61. The van der Waals surface area contributed by atoms with Crippen LogP contribution in [0.15, 0.2) is 36.7 Å². The summed E-state index contributed by atoms with van der Waals surface area (Å²) in [6.45, 7) is 2.91. The van der Waals surface area contributed by atoms with Crippen LogP contribution in [0.4, 0.5) is 5.69 Å². The van der Waals surface area contributed by atoms with Gasteiger partial charge in [-0.1, -0.05) is 11.6 Å². The summed E-state index contributed by atoms with van der Waals surface area (Å²) in [5.41, 5.74) is 2.00. The lowest BCUT2D eigenvalue weighted by Gasteiger charge is -2.10. The molecule has 2 rings (SSSR count). The molecule has 0 saturated heterocycles. The topological polar surface area (TPSA) is 29.9 Å². The third-order valence-corrected chi connectivity index (χ3v) is 2.31. The number of nitrogens with zero attached hydrogens (tertiary/aromatic N) is 2. The molecule has 4 heteroatoms. The monoisotopic (exact) mass is 221 g/mol. The standard InChI is InChI=1S/C11H12ClN3/c1-2-13-10-8-9(12)4-5-11(10)15-7-3-6-14-15/h3-8,13H,2H2,1H3. The van der Waals surface area contributed by atoms with Gasteiger partial charge in [0.05, 0.1) is 11.4 Å². The van der Waals surface area contributed by atoms with Gasteiger partial charge in [0, 0.05) is 24.0 Å². The average Bonchev–Trinajstić information content (AvgIpc) is 2.71. The fraction of sp³-hybridized carbons (Fsp3) is 0.182. The highest BCUT2D eigenvalue weighted by atomic mass is 35.5. The van der Waals surface area contributed by atoms with E-state index in [-0.39, 0.29) is 0 Å². The molecule has 0 fully saturated rings. The lowest BCUT2D eigenvalue weighted by atomic mass is 10.2. The maximum atomic E-state index is 5.94. The number of hydrogen-bond acceptors (Lipinski definition) is 2. The van der Waals surface area contributed by atoms with E-state index >= 15 is 0 Å². The molecule has 15 heavy (non-hydrogen) atoms. The Morgan fingerprint density at radius 2 is 2.33 bits per heavy atom. The zero-order valence-corrected chi connectivity index (χ0v) is 9.20. The highest BCUT2D eigenvalue weighted by Crippen LogP contribution is 2.23. The first-order valence-corrected chi connectivity index (χ1v) is 5.22. The zero-order chi connectivity index (χ0) is 10.7. The molecule has 3 nitrogen and oxygen atoms in total. The van der Waals surface area contributed by atoms with Gasteiger partial charge in [0.2, 0.25) is 0 Å². The van der Waals surface area contributed by atoms with Crippen molar-refractivity contribution in [3.05, 3.63) is 41.7 Å². The molecule has 78 valence electrons. The number of benzene rings is 1. The van der Waals surface area contributed by atoms with Gasteiger partial charge in [0.15, 0.2) is 0 Å². The smallest absolute Gasteiger partial charge is 0.0877 e. The van der Waals surface area contributed by atoms with E-state index in [9.17, 15) is 0 Å². The van der Waals surface area contributed by atoms with Crippen molar-refractivity contribution < 1.29 is 0 Å². The summed E-state index contributed by atoms with van der Waals surface area (Å²) in [6.07, 6.45) is 3.66. The summed E-state index contributed by atoms with van der Waals surface area (Å²) in [7, 11) is 0. The first-order chi connectivity index (χ1) is 7.31. The van der Waals surface area contributed by atoms with E-state index in [4.69, 9.17) is 11.6 Å². The highest BCUT2D eigenvalue weighted by molar-refractivity contribution is 6.31. The van der Waals surface area contributed by atoms with Crippen molar-refractivity contribution in [2.24, 2.45) is 0 Å². The van der Waals surface area contributed by atoms with E-state index in [0.717, 1.165) is 22.9 Å². The number of nitrogens with one attached hydrogen (secondary N) is 1. The van der Waals surface area contributed by atoms with Crippen molar-refractivity contribution in [3.8, 4) is 5.69 Å². The van der Waals surface area contributed by atoms with Crippen LogP contribution in [-0.4, -0.2) is 16.3 Å². The molecular weight excluding hydrogens is 210 g/mol. The Morgan fingerprint density at radius 1 is 1.47 bits per heavy atom. The van der Waals surface area contributed by atoms with Crippen molar-refractivity contribution in [3.63, 3.8) is 0 Å². The number of anilines is 1. The van der Waals surface area contributed by atoms with Crippen LogP contribution >= 0.6 is 11.6 Å². The molecular formula is C11H12ClN3. The maximum absolute atomic E-state index is 5.94. The van der Waals surface area contributed by atoms with Gasteiger partial charge in [-0.05, 0) is 31.2 Å². The van der Waals surface area contributed by atoms with Gasteiger partial charge >= 0.3 is 0 Å². The molecule has 1 heterocycles. The Kier molecular flexibility index (Phi) is 2.92. The summed E-state index contributed by atoms with van der Waals surface area (Å²) in [5, 5.41) is 8.18. The van der Waals surface area contributed by atoms with Crippen molar-refractivity contribution >= 4 is 17.3 Å². The first-order valence-electron chi connectivity index (χ1n) is 4.84. The predicted octanol–water partition coefficient (Wildman–Crippen LogP) is 2.96. The van der Waals surface area contributed by atoms with Crippen molar-refractivity contribution in [2.45, 2.75) is 6.92 Å². The molecule has 0 unspecified atom stereocenters. The Hall–Kier alpha value is -1.48. The van der Waals surface area contributed by atoms with Gasteiger partial charge in [-0.25, -0.2) is 4.68 Å². The minimum Gasteiger partial charge on any atom is -0.384 e. The molecule has 1 aromatic heterocycles. The van der Waals surface area contributed by atoms with Gasteiger partial charge in [-0.3, -0.25) is 0 Å². The largest absolute Gasteiger partial charge is 0.384 e. The normalized spacial score (nSPS) is 10.3. The Bertz CT molecular complexity index is 437. The van der Waals surface area contributed by atoms with Crippen LogP contribution in [0.5, 0.6) is 0 Å². The molecule has 0 aliphatic heterocycles. The van der Waals surface area contributed by atoms with Gasteiger partial charge < -0.3 is 5.32 Å². The summed E-state index contributed by atoms with van der Waals surface area (Å²) in [5.74, 6) is 0. The van der Waals surface area contributed by atoms with Crippen LogP contribution in [-0.2, 0) is 0 Å². The van der Waals surface area contributed by atoms with Gasteiger partial charge in [0.25, 0.3) is 0 Å². The van der Waals surface area contributed by atoms with Crippen molar-refractivity contribution in [2.75, 3.05) is 11.9 Å². The molecule has 0 amide bonds. The number of hydrogen-bond donors (Lipinski definition) is 1. The third kappa shape index (κ3) is 2.13. The predicted molar refractivity (Wildman–Crippen MR) is 62.7 cm³/mol. The molecule has 0 saturated carbocycles. The quantitative estimate of drug-likeness (QED) is 0.864. The minimum atomic E-state index is 0.724. The van der Waals surface area contributed by atoms with Crippen LogP contribution in [0.25, 0.3) is 5.69 Å². The molecule has 0 atom stereocenters. The lowest BCUT2D eigenvalue weighted by Crippen LogP contribution is -2.03. The Balaban J connectivity index is 2.46. The molecule has 0 aliphatic carbocycles. The van der Waals surface area contributed by atoms with Crippen LogP contribution in [0.2, 0.25) is 5.02 Å². The zero-order valence-electron chi connectivity index (χ0n) is 8.44. The Labute approximate surface area is 93.7 Å². The fourth-order valence-corrected chi connectivity index (χ4v) is 1.62. The van der Waals surface area contributed by atoms with Crippen LogP contribution in [0, 0.1) is 0 Å². The third-order valence-electron chi connectivity index (χ3n) is 2.08. The number of rotatable bonds is 3. The maximum Gasteiger partial charge on any atom is 0.0877 e. The summed E-state index contributed by atoms with van der Waals surface area (Å²) >= 11 is 5.94. The minimum absolute atomic E-state index is 0.724. The number of aromatic nitrogens is 2. The molecule has 1 N–H and O–H groups in total. The molecule has 0 spiro atoms. The second kappa shape index (κ2) is 4.36. The van der Waals surface area contributed by atoms with E-state index in [0.29, 0.717) is 0 Å². The second-order valence-corrected chi connectivity index (χ2v) is 3.58. The molecule has 0 radical (unpaired) electrons. The van der Waals surface area contributed by atoms with E-state index in [1.165, 1.54) is 0 Å². The van der Waals surface area contributed by atoms with Crippen molar-refractivity contribution in [1.82, 2.24) is 9.78 Å². The van der Waals surface area contributed by atoms with Gasteiger partial charge in [-0.15, -0.1) is 0 Å². The fourth-order valence-electron chi connectivity index (χ4n) is 1.45. The summed E-state index contributed by atoms with van der Waals surface area (Å²) in [4.78, 5) is 0. The molecule has 0 bridgehead atoms. The van der Waals surface area contributed by atoms with Crippen molar-refractivity contribution in [1.29, 1.82) is 0 Å². The van der Waals surface area contributed by atoms with E-state index < -0.39 is 0 Å². The Morgan fingerprint density at radius 3 is 3.00 bits per heavy atom. The highest BCUT2D eigenvalue weighted by Gasteiger charge is 2.04. The van der Waals surface area contributed by atoms with Crippen LogP contribution < -0.4 is 5.32 Å². The molecule has 2 aromatic rings. The molecule has 1 aromatic carbocycles. The average molecular weight is 222 g/mol. The van der Waals surface area contributed by atoms with Crippen LogP contribution in [0.1, 0.15) is 6.92 Å². The number of halogens is 1. The SMILES string of the molecule is CCNc1cc(Cl)ccc1-n1cccn1. The lowest BCUT2D eigenvalue weighted by molar-refractivity contribution is 0.880. The van der Waals surface area contributed by atoms with E-state index in [1.54, 1.807) is 6.20 Å². The van der Waals surface area contributed by atoms with Gasteiger partial charge in [-0.2, -0.15) is 5.10 Å². The molecule has 0 aliphatic rings. The first kappa shape index (κ1) is 10.1. The summed E-state index contributed by atoms with van der Waals surface area (Å²) < 4.78 is 1.81. The van der Waals surface area contributed by atoms with E-state index in [1.807, 2.05) is 42.1 Å². The van der Waals surface area contributed by atoms with Crippen LogP contribution in [0.3, 0.4) is 0 Å². The van der Waals surface area contributed by atoms with Gasteiger partial charge in [0.1, 0.15) is 0 Å². The second-order valence-electron chi connectivity index (χ2n) is 3.14. The van der Waals surface area contributed by atoms with E-state index in [2.05, 4.69) is 10.4 Å².